The predicted molar refractivity (Wildman–Crippen MR) is 81.2 cm³/mol. The molecule has 3 atom stereocenters. The molecule has 1 aliphatic heterocycles. The number of hydrogen-bond acceptors (Lipinski definition) is 2. The Labute approximate surface area is 123 Å². The zero-order valence-electron chi connectivity index (χ0n) is 13.1. The minimum Gasteiger partial charge on any atom is -0.323 e. The van der Waals surface area contributed by atoms with Crippen LogP contribution >= 0.6 is 0 Å². The van der Waals surface area contributed by atoms with Crippen molar-refractivity contribution in [3.05, 3.63) is 0 Å². The van der Waals surface area contributed by atoms with Gasteiger partial charge in [0.05, 0.1) is 12.2 Å². The number of carbonyl (C=O) groups is 1. The first-order valence-electron chi connectivity index (χ1n) is 8.82. The lowest BCUT2D eigenvalue weighted by Crippen LogP contribution is -2.48. The van der Waals surface area contributed by atoms with E-state index in [-0.39, 0.29) is 6.04 Å². The minimum absolute atomic E-state index is 0.0776. The molecule has 114 valence electrons. The molecule has 0 spiro atoms. The van der Waals surface area contributed by atoms with E-state index in [4.69, 9.17) is 0 Å². The van der Waals surface area contributed by atoms with Crippen molar-refractivity contribution in [3.63, 3.8) is 0 Å². The maximum atomic E-state index is 12.8. The first kappa shape index (κ1) is 14.4. The molecule has 3 nitrogen and oxygen atoms in total. The van der Waals surface area contributed by atoms with Crippen molar-refractivity contribution in [3.8, 4) is 0 Å². The highest BCUT2D eigenvalue weighted by molar-refractivity contribution is 5.84. The molecule has 2 aliphatic carbocycles. The largest absolute Gasteiger partial charge is 0.323 e. The molecule has 2 saturated carbocycles. The van der Waals surface area contributed by atoms with Gasteiger partial charge in [-0.3, -0.25) is 10.1 Å². The first-order valence-corrected chi connectivity index (χ1v) is 8.82. The molecule has 1 N–H and O–H groups in total. The summed E-state index contributed by atoms with van der Waals surface area (Å²) in [6.07, 6.45) is 11.7. The van der Waals surface area contributed by atoms with Crippen LogP contribution in [0.15, 0.2) is 0 Å². The number of nitrogens with zero attached hydrogens (tertiary/aromatic N) is 1. The lowest BCUT2D eigenvalue weighted by Gasteiger charge is -2.35. The third-order valence-corrected chi connectivity index (χ3v) is 5.65. The van der Waals surface area contributed by atoms with Gasteiger partial charge in [0, 0.05) is 6.04 Å². The summed E-state index contributed by atoms with van der Waals surface area (Å²) < 4.78 is 0. The zero-order chi connectivity index (χ0) is 14.1. The van der Waals surface area contributed by atoms with Gasteiger partial charge in [0.15, 0.2) is 0 Å². The summed E-state index contributed by atoms with van der Waals surface area (Å²) >= 11 is 0. The lowest BCUT2D eigenvalue weighted by atomic mass is 9.99. The third-order valence-electron chi connectivity index (χ3n) is 5.65. The number of rotatable bonds is 6. The van der Waals surface area contributed by atoms with Crippen LogP contribution in [0.4, 0.5) is 0 Å². The van der Waals surface area contributed by atoms with Crippen LogP contribution in [0.3, 0.4) is 0 Å². The Morgan fingerprint density at radius 3 is 2.45 bits per heavy atom. The summed E-state index contributed by atoms with van der Waals surface area (Å²) in [7, 11) is 0. The Balaban J connectivity index is 1.75. The Morgan fingerprint density at radius 2 is 1.90 bits per heavy atom. The molecule has 0 aromatic heterocycles. The van der Waals surface area contributed by atoms with Gasteiger partial charge in [-0.25, -0.2) is 0 Å². The van der Waals surface area contributed by atoms with Crippen LogP contribution in [0.1, 0.15) is 71.6 Å². The van der Waals surface area contributed by atoms with E-state index in [2.05, 4.69) is 24.1 Å². The smallest absolute Gasteiger partial charge is 0.241 e. The van der Waals surface area contributed by atoms with Crippen LogP contribution in [-0.2, 0) is 4.79 Å². The molecular formula is C17H30N2O. The van der Waals surface area contributed by atoms with Crippen LogP contribution in [0.25, 0.3) is 0 Å². The van der Waals surface area contributed by atoms with E-state index in [1.807, 2.05) is 0 Å². The molecule has 3 heteroatoms. The van der Waals surface area contributed by atoms with Crippen molar-refractivity contribution in [2.45, 2.75) is 89.9 Å². The van der Waals surface area contributed by atoms with E-state index in [1.165, 1.54) is 44.9 Å². The highest BCUT2D eigenvalue weighted by Gasteiger charge is 2.45. The number of amides is 1. The summed E-state index contributed by atoms with van der Waals surface area (Å²) in [5.74, 6) is 1.98. The van der Waals surface area contributed by atoms with Gasteiger partial charge in [-0.15, -0.1) is 0 Å². The fourth-order valence-electron chi connectivity index (χ4n) is 4.23. The molecular weight excluding hydrogens is 248 g/mol. The Morgan fingerprint density at radius 1 is 1.20 bits per heavy atom. The molecule has 3 fully saturated rings. The SMILES string of the molecule is CCC1NC(C2CCCC2)N(C(CC)CC2CC2)C1=O. The maximum Gasteiger partial charge on any atom is 0.241 e. The monoisotopic (exact) mass is 278 g/mol. The van der Waals surface area contributed by atoms with Gasteiger partial charge < -0.3 is 4.90 Å². The Hall–Kier alpha value is -0.570. The summed E-state index contributed by atoms with van der Waals surface area (Å²) in [6.45, 7) is 4.39. The van der Waals surface area contributed by atoms with Crippen LogP contribution < -0.4 is 5.32 Å². The average Bonchev–Trinajstić information content (AvgIpc) is 2.99. The minimum atomic E-state index is 0.0776. The van der Waals surface area contributed by atoms with Crippen molar-refractivity contribution in [2.24, 2.45) is 11.8 Å². The van der Waals surface area contributed by atoms with E-state index in [0.717, 1.165) is 18.8 Å². The number of nitrogens with one attached hydrogen (secondary N) is 1. The van der Waals surface area contributed by atoms with Gasteiger partial charge in [-0.2, -0.15) is 0 Å². The van der Waals surface area contributed by atoms with Gasteiger partial charge >= 0.3 is 0 Å². The standard InChI is InChI=1S/C17H30N2O/c1-3-14(11-12-9-10-12)19-16(13-7-5-6-8-13)18-15(4-2)17(19)20/h12-16,18H,3-11H2,1-2H3. The molecule has 3 aliphatic rings. The Bertz CT molecular complexity index is 347. The van der Waals surface area contributed by atoms with E-state index in [0.29, 0.717) is 24.0 Å². The summed E-state index contributed by atoms with van der Waals surface area (Å²) in [5, 5.41) is 3.67. The topological polar surface area (TPSA) is 32.3 Å². The van der Waals surface area contributed by atoms with E-state index in [9.17, 15) is 4.79 Å². The summed E-state index contributed by atoms with van der Waals surface area (Å²) in [5.41, 5.74) is 0. The molecule has 0 radical (unpaired) electrons. The first-order chi connectivity index (χ1) is 9.74. The second-order valence-corrected chi connectivity index (χ2v) is 7.10. The van der Waals surface area contributed by atoms with Gasteiger partial charge in [0.1, 0.15) is 0 Å². The molecule has 20 heavy (non-hydrogen) atoms. The van der Waals surface area contributed by atoms with Crippen molar-refractivity contribution >= 4 is 5.91 Å². The average molecular weight is 278 g/mol. The highest BCUT2D eigenvalue weighted by Crippen LogP contribution is 2.39. The molecule has 0 aromatic carbocycles. The van der Waals surface area contributed by atoms with Crippen LogP contribution in [-0.4, -0.2) is 29.1 Å². The van der Waals surface area contributed by atoms with Gasteiger partial charge in [0.2, 0.25) is 5.91 Å². The number of carbonyl (C=O) groups excluding carboxylic acids is 1. The van der Waals surface area contributed by atoms with Crippen molar-refractivity contribution < 1.29 is 4.79 Å². The Kier molecular flexibility index (Phi) is 4.34. The van der Waals surface area contributed by atoms with Gasteiger partial charge in [0.25, 0.3) is 0 Å². The molecule has 1 amide bonds. The van der Waals surface area contributed by atoms with E-state index >= 15 is 0 Å². The third kappa shape index (κ3) is 2.74. The van der Waals surface area contributed by atoms with Gasteiger partial charge in [-0.05, 0) is 43.9 Å². The fourth-order valence-corrected chi connectivity index (χ4v) is 4.23. The second-order valence-electron chi connectivity index (χ2n) is 7.10. The van der Waals surface area contributed by atoms with E-state index in [1.54, 1.807) is 0 Å². The second kappa shape index (κ2) is 6.05. The predicted octanol–water partition coefficient (Wildman–Crippen LogP) is 3.29. The van der Waals surface area contributed by atoms with E-state index < -0.39 is 0 Å². The highest BCUT2D eigenvalue weighted by atomic mass is 16.2. The number of hydrogen-bond donors (Lipinski definition) is 1. The normalized spacial score (nSPS) is 33.1. The fraction of sp³-hybridized carbons (Fsp3) is 0.941. The quantitative estimate of drug-likeness (QED) is 0.808. The molecule has 1 heterocycles. The molecule has 0 aromatic rings. The lowest BCUT2D eigenvalue weighted by molar-refractivity contribution is -0.133. The summed E-state index contributed by atoms with van der Waals surface area (Å²) in [4.78, 5) is 15.0. The van der Waals surface area contributed by atoms with Crippen LogP contribution in [0.5, 0.6) is 0 Å². The van der Waals surface area contributed by atoms with Crippen molar-refractivity contribution in [2.75, 3.05) is 0 Å². The maximum absolute atomic E-state index is 12.8. The van der Waals surface area contributed by atoms with Crippen LogP contribution in [0.2, 0.25) is 0 Å². The zero-order valence-corrected chi connectivity index (χ0v) is 13.1. The van der Waals surface area contributed by atoms with Crippen LogP contribution in [0, 0.1) is 11.8 Å². The molecule has 3 rings (SSSR count). The summed E-state index contributed by atoms with van der Waals surface area (Å²) in [6, 6.07) is 0.554. The van der Waals surface area contributed by atoms with Crippen molar-refractivity contribution in [1.82, 2.24) is 10.2 Å². The molecule has 3 unspecified atom stereocenters. The molecule has 1 saturated heterocycles. The van der Waals surface area contributed by atoms with Crippen molar-refractivity contribution in [1.29, 1.82) is 0 Å². The van der Waals surface area contributed by atoms with Gasteiger partial charge in [-0.1, -0.05) is 39.5 Å². The molecule has 0 bridgehead atoms.